The highest BCUT2D eigenvalue weighted by molar-refractivity contribution is 4.68. The first kappa shape index (κ1) is 20.0. The van der Waals surface area contributed by atoms with E-state index < -0.39 is 0 Å². The molecule has 0 unspecified atom stereocenters. The molecule has 0 aromatic rings. The first-order valence-electron chi connectivity index (χ1n) is 9.41. The van der Waals surface area contributed by atoms with Crippen LogP contribution in [0.4, 0.5) is 0 Å². The van der Waals surface area contributed by atoms with Gasteiger partial charge >= 0.3 is 0 Å². The number of hydrogen-bond donors (Lipinski definition) is 0. The highest BCUT2D eigenvalue weighted by Crippen LogP contribution is 2.30. The Morgan fingerprint density at radius 2 is 1.00 bits per heavy atom. The third-order valence-corrected chi connectivity index (χ3v) is 4.56. The molecule has 0 aliphatic heterocycles. The molecule has 0 aliphatic rings. The van der Waals surface area contributed by atoms with Crippen LogP contribution in [0.2, 0.25) is 0 Å². The van der Waals surface area contributed by atoms with Gasteiger partial charge in [-0.25, -0.2) is 0 Å². The second kappa shape index (κ2) is 14.0. The van der Waals surface area contributed by atoms with Gasteiger partial charge < -0.3 is 0 Å². The third kappa shape index (κ3) is 14.4. The third-order valence-electron chi connectivity index (χ3n) is 4.56. The molecule has 0 aromatic heterocycles. The van der Waals surface area contributed by atoms with Gasteiger partial charge in [0, 0.05) is 0 Å². The maximum atomic E-state index is 3.90. The first-order chi connectivity index (χ1) is 9.62. The Labute approximate surface area is 130 Å². The summed E-state index contributed by atoms with van der Waals surface area (Å²) in [4.78, 5) is 0. The van der Waals surface area contributed by atoms with Crippen LogP contribution < -0.4 is 0 Å². The zero-order valence-electron chi connectivity index (χ0n) is 14.8. The zero-order chi connectivity index (χ0) is 15.1. The van der Waals surface area contributed by atoms with Crippen molar-refractivity contribution in [3.63, 3.8) is 0 Å². The van der Waals surface area contributed by atoms with Crippen LogP contribution in [0.1, 0.15) is 117 Å². The molecule has 0 N–H and O–H groups in total. The molecule has 0 rings (SSSR count). The normalized spacial score (nSPS) is 12.0. The van der Waals surface area contributed by atoms with E-state index >= 15 is 0 Å². The van der Waals surface area contributed by atoms with Crippen molar-refractivity contribution in [3.8, 4) is 0 Å². The van der Waals surface area contributed by atoms with Gasteiger partial charge in [-0.3, -0.25) is 0 Å². The minimum Gasteiger partial charge on any atom is -0.0654 e. The average molecular weight is 282 g/mol. The van der Waals surface area contributed by atoms with Gasteiger partial charge in [-0.2, -0.15) is 0 Å². The predicted molar refractivity (Wildman–Crippen MR) is 94.1 cm³/mol. The van der Waals surface area contributed by atoms with E-state index in [4.69, 9.17) is 0 Å². The Hall–Kier alpha value is 0. The lowest BCUT2D eigenvalue weighted by atomic mass is 9.82. The van der Waals surface area contributed by atoms with Gasteiger partial charge in [-0.1, -0.05) is 111 Å². The molecule has 0 aliphatic carbocycles. The molecule has 0 saturated heterocycles. The molecule has 0 heterocycles. The molecular formula is C20H41. The largest absolute Gasteiger partial charge is 0.0654 e. The van der Waals surface area contributed by atoms with E-state index in [-0.39, 0.29) is 0 Å². The molecular weight excluding hydrogens is 240 g/mol. The topological polar surface area (TPSA) is 0 Å². The van der Waals surface area contributed by atoms with Gasteiger partial charge in [0.2, 0.25) is 0 Å². The van der Waals surface area contributed by atoms with Gasteiger partial charge in [0.25, 0.3) is 0 Å². The summed E-state index contributed by atoms with van der Waals surface area (Å²) in [5.41, 5.74) is 0.583. The fourth-order valence-electron chi connectivity index (χ4n) is 3.00. The van der Waals surface area contributed by atoms with Gasteiger partial charge in [0.15, 0.2) is 0 Å². The smallest absolute Gasteiger partial charge is 0.0354 e. The summed E-state index contributed by atoms with van der Waals surface area (Å²) >= 11 is 0. The lowest BCUT2D eigenvalue weighted by Crippen LogP contribution is -2.11. The van der Waals surface area contributed by atoms with Crippen LogP contribution >= 0.6 is 0 Å². The Morgan fingerprint density at radius 3 is 1.45 bits per heavy atom. The summed E-state index contributed by atoms with van der Waals surface area (Å²) in [6, 6.07) is 0. The second-order valence-corrected chi connectivity index (χ2v) is 7.41. The summed E-state index contributed by atoms with van der Waals surface area (Å²) in [6.07, 6.45) is 21.0. The van der Waals surface area contributed by atoms with Crippen LogP contribution in [0.15, 0.2) is 0 Å². The SMILES string of the molecule is [CH2]CCCCCCCCCC(C)(C)CCCCCCC. The van der Waals surface area contributed by atoms with Gasteiger partial charge in [-0.05, 0) is 18.3 Å². The van der Waals surface area contributed by atoms with E-state index in [2.05, 4.69) is 27.7 Å². The quantitative estimate of drug-likeness (QED) is 0.269. The second-order valence-electron chi connectivity index (χ2n) is 7.41. The van der Waals surface area contributed by atoms with E-state index in [1.54, 1.807) is 0 Å². The number of hydrogen-bond acceptors (Lipinski definition) is 0. The van der Waals surface area contributed by atoms with Crippen LogP contribution in [-0.2, 0) is 0 Å². The molecule has 1 radical (unpaired) electrons. The molecule has 0 atom stereocenters. The maximum absolute atomic E-state index is 3.90. The van der Waals surface area contributed by atoms with Crippen molar-refractivity contribution in [2.75, 3.05) is 0 Å². The number of rotatable bonds is 15. The molecule has 0 spiro atoms. The highest BCUT2D eigenvalue weighted by atomic mass is 14.2. The van der Waals surface area contributed by atoms with E-state index in [1.807, 2.05) is 0 Å². The van der Waals surface area contributed by atoms with E-state index in [9.17, 15) is 0 Å². The van der Waals surface area contributed by atoms with E-state index in [1.165, 1.54) is 89.9 Å². The maximum Gasteiger partial charge on any atom is -0.0354 e. The molecule has 0 aromatic carbocycles. The van der Waals surface area contributed by atoms with Crippen molar-refractivity contribution in [3.05, 3.63) is 6.92 Å². The summed E-state index contributed by atoms with van der Waals surface area (Å²) in [5.74, 6) is 0. The fraction of sp³-hybridized carbons (Fsp3) is 0.950. The minimum absolute atomic E-state index is 0.583. The van der Waals surface area contributed by atoms with Crippen LogP contribution in [0.3, 0.4) is 0 Å². The summed E-state index contributed by atoms with van der Waals surface area (Å²) in [5, 5.41) is 0. The molecule has 0 saturated carbocycles. The van der Waals surface area contributed by atoms with Crippen LogP contribution in [-0.4, -0.2) is 0 Å². The Balaban J connectivity index is 3.33. The highest BCUT2D eigenvalue weighted by Gasteiger charge is 2.16. The van der Waals surface area contributed by atoms with Crippen molar-refractivity contribution in [1.82, 2.24) is 0 Å². The first-order valence-corrected chi connectivity index (χ1v) is 9.41. The summed E-state index contributed by atoms with van der Waals surface area (Å²) in [6.45, 7) is 11.1. The standard InChI is InChI=1S/C20H41/c1-5-7-9-11-12-13-15-17-19-20(3,4)18-16-14-10-8-6-2/h1,5-19H2,2-4H3. The fourth-order valence-corrected chi connectivity index (χ4v) is 3.00. The predicted octanol–water partition coefficient (Wildman–Crippen LogP) is 7.72. The molecule has 121 valence electrons. The van der Waals surface area contributed by atoms with E-state index in [0.717, 1.165) is 6.42 Å². The van der Waals surface area contributed by atoms with Crippen molar-refractivity contribution in [2.24, 2.45) is 5.41 Å². The molecule has 0 bridgehead atoms. The minimum atomic E-state index is 0.583. The summed E-state index contributed by atoms with van der Waals surface area (Å²) < 4.78 is 0. The zero-order valence-corrected chi connectivity index (χ0v) is 14.8. The lowest BCUT2D eigenvalue weighted by molar-refractivity contribution is 0.282. The lowest BCUT2D eigenvalue weighted by Gasteiger charge is -2.24. The van der Waals surface area contributed by atoms with Gasteiger partial charge in [0.05, 0.1) is 0 Å². The molecule has 0 heteroatoms. The molecule has 0 fully saturated rings. The van der Waals surface area contributed by atoms with Crippen LogP contribution in [0.25, 0.3) is 0 Å². The van der Waals surface area contributed by atoms with Crippen molar-refractivity contribution in [2.45, 2.75) is 117 Å². The molecule has 20 heavy (non-hydrogen) atoms. The average Bonchev–Trinajstić information content (AvgIpc) is 2.41. The monoisotopic (exact) mass is 281 g/mol. The van der Waals surface area contributed by atoms with Gasteiger partial charge in [-0.15, -0.1) is 0 Å². The Bertz CT molecular complexity index is 180. The number of unbranched alkanes of at least 4 members (excludes halogenated alkanes) is 11. The summed E-state index contributed by atoms with van der Waals surface area (Å²) in [7, 11) is 0. The molecule has 0 amide bonds. The van der Waals surface area contributed by atoms with E-state index in [0.29, 0.717) is 5.41 Å². The van der Waals surface area contributed by atoms with Crippen LogP contribution in [0.5, 0.6) is 0 Å². The Morgan fingerprint density at radius 1 is 0.600 bits per heavy atom. The van der Waals surface area contributed by atoms with Crippen molar-refractivity contribution in [1.29, 1.82) is 0 Å². The van der Waals surface area contributed by atoms with Gasteiger partial charge in [0.1, 0.15) is 0 Å². The van der Waals surface area contributed by atoms with Crippen molar-refractivity contribution >= 4 is 0 Å². The van der Waals surface area contributed by atoms with Crippen molar-refractivity contribution < 1.29 is 0 Å². The Kier molecular flexibility index (Phi) is 14.0. The molecule has 0 nitrogen and oxygen atoms in total. The van der Waals surface area contributed by atoms with Crippen LogP contribution in [0, 0.1) is 12.3 Å².